The topological polar surface area (TPSA) is 167 Å². The summed E-state index contributed by atoms with van der Waals surface area (Å²) in [7, 11) is 4.99. The highest BCUT2D eigenvalue weighted by Gasteiger charge is 2.27. The van der Waals surface area contributed by atoms with Gasteiger partial charge in [-0.1, -0.05) is 67.1 Å². The van der Waals surface area contributed by atoms with Crippen LogP contribution in [0.1, 0.15) is 20.7 Å². The highest BCUT2D eigenvalue weighted by Crippen LogP contribution is 2.41. The van der Waals surface area contributed by atoms with Crippen LogP contribution in [0.2, 0.25) is 35.7 Å². The molecule has 8 rings (SSSR count). The number of esters is 1. The highest BCUT2D eigenvalue weighted by atomic mass is 35.5. The quantitative estimate of drug-likeness (QED) is 0.0461. The molecule has 65 heavy (non-hydrogen) atoms. The number of hydrogen-bond acceptors (Lipinski definition) is 11. The number of carbonyl (C=O) groups is 2. The number of aromatic amines is 1. The van der Waals surface area contributed by atoms with Crippen LogP contribution in [0.5, 0.6) is 23.0 Å². The third-order valence-electron chi connectivity index (χ3n) is 10.8. The molecule has 0 aliphatic heterocycles. The first kappa shape index (κ1) is 44.8. The predicted octanol–water partition coefficient (Wildman–Crippen LogP) is 10.6. The van der Waals surface area contributed by atoms with E-state index in [1.54, 1.807) is 57.5 Å². The Labute approximate surface area is 385 Å². The molecule has 1 amide bonds. The Kier molecular flexibility index (Phi) is 12.7. The van der Waals surface area contributed by atoms with Crippen molar-refractivity contribution in [2.75, 3.05) is 34.9 Å². The number of ether oxygens (including phenoxy) is 4. The summed E-state index contributed by atoms with van der Waals surface area (Å²) >= 11 is 13.5. The van der Waals surface area contributed by atoms with Crippen molar-refractivity contribution in [2.45, 2.75) is 32.4 Å². The zero-order chi connectivity index (χ0) is 46.2. The lowest BCUT2D eigenvalue weighted by atomic mass is 10.0. The summed E-state index contributed by atoms with van der Waals surface area (Å²) in [6.07, 6.45) is 3.25. The van der Waals surface area contributed by atoms with Crippen LogP contribution < -0.4 is 14.2 Å². The summed E-state index contributed by atoms with van der Waals surface area (Å²) in [5.74, 6) is -0.984. The van der Waals surface area contributed by atoms with Gasteiger partial charge in [0, 0.05) is 74.2 Å². The maximum absolute atomic E-state index is 14.2. The van der Waals surface area contributed by atoms with Gasteiger partial charge in [-0.05, 0) is 77.8 Å². The van der Waals surface area contributed by atoms with Crippen LogP contribution >= 0.6 is 23.2 Å². The Morgan fingerprint density at radius 3 is 2.02 bits per heavy atom. The van der Waals surface area contributed by atoms with Crippen LogP contribution in [-0.4, -0.2) is 94.8 Å². The number of rotatable bonds is 14. The van der Waals surface area contributed by atoms with Gasteiger partial charge in [-0.15, -0.1) is 0 Å². The lowest BCUT2D eigenvalue weighted by Crippen LogP contribution is -2.23. The van der Waals surface area contributed by atoms with Gasteiger partial charge in [-0.2, -0.15) is 10.2 Å². The van der Waals surface area contributed by atoms with E-state index in [4.69, 9.17) is 52.2 Å². The molecular weight excluding hydrogens is 886 g/mol. The van der Waals surface area contributed by atoms with Gasteiger partial charge in [-0.25, -0.2) is 19.4 Å². The molecule has 8 aromatic rings. The van der Waals surface area contributed by atoms with E-state index in [0.717, 1.165) is 17.2 Å². The van der Waals surface area contributed by atoms with Crippen molar-refractivity contribution >= 4 is 65.2 Å². The number of aromatic hydroxyl groups is 1. The molecule has 332 valence electrons. The maximum Gasteiger partial charge on any atom is 0.347 e. The summed E-state index contributed by atoms with van der Waals surface area (Å²) in [5.41, 5.74) is 5.70. The largest absolute Gasteiger partial charge is 0.505 e. The SMILES string of the molecule is COc1ccccc1-c1n[nH]c2ncc(-c3cc(Cl)c(OC(=O)c4cc(-c5cnc6c(c5)c(-c5ccccc5OC)nn6COCC[Si](C)(C)C)cc(Cl)c4O)c(C(=O)N(C)C)c3)cc12. The molecule has 2 N–H and O–H groups in total. The highest BCUT2D eigenvalue weighted by molar-refractivity contribution is 6.76. The van der Waals surface area contributed by atoms with Gasteiger partial charge < -0.3 is 29.0 Å². The van der Waals surface area contributed by atoms with Gasteiger partial charge >= 0.3 is 5.97 Å². The Bertz CT molecular complexity index is 3130. The van der Waals surface area contributed by atoms with Crippen LogP contribution in [0, 0.1) is 0 Å². The van der Waals surface area contributed by atoms with E-state index < -0.39 is 25.7 Å². The van der Waals surface area contributed by atoms with Crippen LogP contribution in [0.15, 0.2) is 97.3 Å². The second-order valence-corrected chi connectivity index (χ2v) is 23.1. The standard InChI is InChI=1S/C48H45Cl2N7O7Si/c1-56(2)47(59)36-19-28(29-20-33-41(53-54-45(33)51-24-29)31-12-8-10-14-39(31)61-3)23-38(50)44(36)64-48(60)35-18-27(22-37(49)43(35)58)30-21-34-42(32-13-9-11-15-40(32)62-4)55-57(46(34)52-25-30)26-63-16-17-65(5,6)7/h8-15,18-25,58H,16-17,26H2,1-7H3,(H,51,53,54). The van der Waals surface area contributed by atoms with Crippen molar-refractivity contribution in [3.63, 3.8) is 0 Å². The van der Waals surface area contributed by atoms with E-state index in [0.29, 0.717) is 73.8 Å². The predicted molar refractivity (Wildman–Crippen MR) is 255 cm³/mol. The molecule has 0 bridgehead atoms. The van der Waals surface area contributed by atoms with E-state index in [1.807, 2.05) is 60.7 Å². The molecule has 0 saturated carbocycles. The monoisotopic (exact) mass is 929 g/mol. The number of carbonyl (C=O) groups excluding carboxylic acids is 2. The van der Waals surface area contributed by atoms with Gasteiger partial charge in [0.2, 0.25) is 0 Å². The first-order valence-corrected chi connectivity index (χ1v) is 25.0. The fraction of sp³-hybridized carbons (Fsp3) is 0.208. The van der Waals surface area contributed by atoms with E-state index in [9.17, 15) is 14.7 Å². The molecule has 0 spiro atoms. The van der Waals surface area contributed by atoms with Crippen LogP contribution in [-0.2, 0) is 11.5 Å². The first-order valence-electron chi connectivity index (χ1n) is 20.5. The molecule has 4 aromatic heterocycles. The average molecular weight is 931 g/mol. The van der Waals surface area contributed by atoms with Crippen LogP contribution in [0.25, 0.3) is 66.8 Å². The van der Waals surface area contributed by atoms with Crippen LogP contribution in [0.3, 0.4) is 0 Å². The number of phenols is 1. The Morgan fingerprint density at radius 1 is 0.769 bits per heavy atom. The lowest BCUT2D eigenvalue weighted by Gasteiger charge is -2.17. The van der Waals surface area contributed by atoms with Crippen molar-refractivity contribution in [2.24, 2.45) is 0 Å². The lowest BCUT2D eigenvalue weighted by molar-refractivity contribution is 0.0724. The van der Waals surface area contributed by atoms with Crippen LogP contribution in [0.4, 0.5) is 0 Å². The number of nitrogens with zero attached hydrogens (tertiary/aromatic N) is 6. The van der Waals surface area contributed by atoms with Gasteiger partial charge in [-0.3, -0.25) is 9.89 Å². The van der Waals surface area contributed by atoms with Gasteiger partial charge in [0.1, 0.15) is 40.9 Å². The molecule has 0 atom stereocenters. The molecule has 4 aromatic carbocycles. The fourth-order valence-electron chi connectivity index (χ4n) is 7.32. The van der Waals surface area contributed by atoms with Crippen molar-refractivity contribution in [1.29, 1.82) is 0 Å². The number of phenolic OH excluding ortho intramolecular Hbond substituents is 1. The molecule has 0 aliphatic carbocycles. The van der Waals surface area contributed by atoms with E-state index in [2.05, 4.69) is 34.8 Å². The van der Waals surface area contributed by atoms with E-state index in [-0.39, 0.29) is 33.7 Å². The minimum atomic E-state index is -1.33. The molecule has 4 heterocycles. The van der Waals surface area contributed by atoms with Gasteiger partial charge in [0.05, 0.1) is 29.8 Å². The summed E-state index contributed by atoms with van der Waals surface area (Å²) in [6.45, 7) is 7.66. The van der Waals surface area contributed by atoms with Crippen molar-refractivity contribution in [3.05, 3.63) is 118 Å². The maximum atomic E-state index is 14.2. The third-order valence-corrected chi connectivity index (χ3v) is 13.0. The smallest absolute Gasteiger partial charge is 0.347 e. The van der Waals surface area contributed by atoms with Crippen molar-refractivity contribution in [1.82, 2.24) is 34.8 Å². The fourth-order valence-corrected chi connectivity index (χ4v) is 8.55. The Balaban J connectivity index is 1.15. The van der Waals surface area contributed by atoms with E-state index >= 15 is 0 Å². The molecule has 0 unspecified atom stereocenters. The number of halogens is 2. The molecule has 14 nitrogen and oxygen atoms in total. The summed E-state index contributed by atoms with van der Waals surface area (Å²) in [6, 6.07) is 25.9. The number of fused-ring (bicyclic) bond motifs is 2. The zero-order valence-electron chi connectivity index (χ0n) is 36.7. The second-order valence-electron chi connectivity index (χ2n) is 16.7. The average Bonchev–Trinajstić information content (AvgIpc) is 3.89. The molecule has 0 fully saturated rings. The first-order chi connectivity index (χ1) is 31.1. The molecule has 0 aliphatic rings. The molecule has 0 radical (unpaired) electrons. The molecule has 0 saturated heterocycles. The number of amides is 1. The number of nitrogens with one attached hydrogen (secondary N) is 1. The molecular formula is C48H45Cl2N7O7Si. The van der Waals surface area contributed by atoms with Crippen molar-refractivity contribution < 1.29 is 33.6 Å². The minimum Gasteiger partial charge on any atom is -0.505 e. The number of para-hydroxylation sites is 2. The normalized spacial score (nSPS) is 11.6. The van der Waals surface area contributed by atoms with Gasteiger partial charge in [0.25, 0.3) is 5.91 Å². The molecule has 17 heteroatoms. The Hall–Kier alpha value is -6.78. The minimum absolute atomic E-state index is 0.00942. The summed E-state index contributed by atoms with van der Waals surface area (Å²) in [4.78, 5) is 38.7. The zero-order valence-corrected chi connectivity index (χ0v) is 39.2. The number of aromatic nitrogens is 6. The number of pyridine rings is 2. The van der Waals surface area contributed by atoms with E-state index in [1.165, 1.54) is 17.0 Å². The second kappa shape index (κ2) is 18.4. The third kappa shape index (κ3) is 9.13. The summed E-state index contributed by atoms with van der Waals surface area (Å²) < 4.78 is 25.0. The number of benzene rings is 4. The van der Waals surface area contributed by atoms with Crippen molar-refractivity contribution in [3.8, 4) is 67.8 Å². The summed E-state index contributed by atoms with van der Waals surface area (Å²) in [5, 5.41) is 24.8. The number of H-pyrrole nitrogens is 1. The number of hydrogen-bond donors (Lipinski definition) is 2. The van der Waals surface area contributed by atoms with Gasteiger partial charge in [0.15, 0.2) is 17.0 Å². The number of methoxy groups -OCH3 is 2. The Morgan fingerprint density at radius 2 is 1.37 bits per heavy atom.